The Kier molecular flexibility index (Phi) is 5.79. The number of pyridine rings is 1. The number of aryl methyl sites for hydroxylation is 1. The van der Waals surface area contributed by atoms with Crippen molar-refractivity contribution in [2.24, 2.45) is 0 Å². The summed E-state index contributed by atoms with van der Waals surface area (Å²) >= 11 is 0. The number of ether oxygens (including phenoxy) is 2. The summed E-state index contributed by atoms with van der Waals surface area (Å²) in [5.74, 6) is 0.460. The summed E-state index contributed by atoms with van der Waals surface area (Å²) in [4.78, 5) is 13.4. The van der Waals surface area contributed by atoms with Crippen LogP contribution < -0.4 is 4.74 Å². The van der Waals surface area contributed by atoms with Gasteiger partial charge in [0.1, 0.15) is 17.2 Å². The van der Waals surface area contributed by atoms with Gasteiger partial charge in [0.15, 0.2) is 5.82 Å². The number of alkyl halides is 3. The number of rotatable bonds is 5. The van der Waals surface area contributed by atoms with Crippen LogP contribution in [0.5, 0.6) is 5.88 Å². The first kappa shape index (κ1) is 23.0. The van der Waals surface area contributed by atoms with E-state index < -0.39 is 17.7 Å². The maximum Gasteiger partial charge on any atom is 0.416 e. The second-order valence-corrected chi connectivity index (χ2v) is 8.35. The van der Waals surface area contributed by atoms with Gasteiger partial charge >= 0.3 is 6.18 Å². The predicted octanol–water partition coefficient (Wildman–Crippen LogP) is 4.41. The van der Waals surface area contributed by atoms with E-state index in [-0.39, 0.29) is 11.7 Å². The van der Waals surface area contributed by atoms with Gasteiger partial charge in [0, 0.05) is 19.2 Å². The predicted molar refractivity (Wildman–Crippen MR) is 120 cm³/mol. The molecule has 0 fully saturated rings. The lowest BCUT2D eigenvalue weighted by atomic mass is 9.86. The Bertz CT molecular complexity index is 1360. The Balaban J connectivity index is 1.58. The fourth-order valence-electron chi connectivity index (χ4n) is 4.44. The van der Waals surface area contributed by atoms with Crippen LogP contribution in [0, 0.1) is 6.92 Å². The van der Waals surface area contributed by atoms with E-state index in [2.05, 4.69) is 20.1 Å². The van der Waals surface area contributed by atoms with Crippen LogP contribution in [-0.4, -0.2) is 49.6 Å². The standard InChI is InChI=1S/C24H23F3N6O2/c1-14-11-32(13-28-14)20-9-8-19(29-23(20)35-3)21-30-22-17(10-15(34-2)12-33(22)31-21)16-6-4-5-7-18(16)24(25,26)27/h4-9,11,13,15,17H,10,12H2,1-3H3/t15-,17-/m0/s1. The van der Waals surface area contributed by atoms with Crippen molar-refractivity contribution in [1.29, 1.82) is 0 Å². The van der Waals surface area contributed by atoms with E-state index in [1.54, 1.807) is 34.8 Å². The number of aromatic nitrogens is 6. The van der Waals surface area contributed by atoms with Crippen molar-refractivity contribution in [3.05, 3.63) is 71.6 Å². The van der Waals surface area contributed by atoms with Crippen LogP contribution in [-0.2, 0) is 17.5 Å². The molecule has 0 spiro atoms. The minimum absolute atomic E-state index is 0.151. The van der Waals surface area contributed by atoms with Gasteiger partial charge in [-0.25, -0.2) is 19.6 Å². The van der Waals surface area contributed by atoms with Gasteiger partial charge in [0.25, 0.3) is 0 Å². The van der Waals surface area contributed by atoms with Gasteiger partial charge in [-0.2, -0.15) is 13.2 Å². The SMILES string of the molecule is COc1nc(-c2nc3n(n2)C[C@@H](OC)C[C@H]3c2ccccc2C(F)(F)F)ccc1-n1cnc(C)c1. The summed E-state index contributed by atoms with van der Waals surface area (Å²) in [7, 11) is 3.06. The zero-order valence-electron chi connectivity index (χ0n) is 19.3. The molecular formula is C24H23F3N6O2. The van der Waals surface area contributed by atoms with Crippen LogP contribution in [0.15, 0.2) is 48.9 Å². The number of hydrogen-bond donors (Lipinski definition) is 0. The van der Waals surface area contributed by atoms with Crippen LogP contribution in [0.2, 0.25) is 0 Å². The van der Waals surface area contributed by atoms with Crippen LogP contribution in [0.3, 0.4) is 0 Å². The summed E-state index contributed by atoms with van der Waals surface area (Å²) in [6.07, 6.45) is -0.925. The van der Waals surface area contributed by atoms with E-state index in [0.717, 1.165) is 11.8 Å². The van der Waals surface area contributed by atoms with Gasteiger partial charge in [-0.05, 0) is 37.1 Å². The number of methoxy groups -OCH3 is 2. The second kappa shape index (κ2) is 8.81. The number of halogens is 3. The van der Waals surface area contributed by atoms with Gasteiger partial charge in [-0.1, -0.05) is 18.2 Å². The minimum Gasteiger partial charge on any atom is -0.479 e. The fraction of sp³-hybridized carbons (Fsp3) is 0.333. The number of imidazole rings is 1. The highest BCUT2D eigenvalue weighted by Crippen LogP contribution is 2.41. The first-order chi connectivity index (χ1) is 16.8. The van der Waals surface area contributed by atoms with Crippen LogP contribution in [0.25, 0.3) is 17.2 Å². The summed E-state index contributed by atoms with van der Waals surface area (Å²) in [6, 6.07) is 9.14. The van der Waals surface area contributed by atoms with E-state index in [1.165, 1.54) is 19.2 Å². The normalized spacial score (nSPS) is 17.9. The lowest BCUT2D eigenvalue weighted by molar-refractivity contribution is -0.138. The highest BCUT2D eigenvalue weighted by molar-refractivity contribution is 5.55. The van der Waals surface area contributed by atoms with Crippen LogP contribution >= 0.6 is 0 Å². The lowest BCUT2D eigenvalue weighted by Gasteiger charge is -2.30. The monoisotopic (exact) mass is 484 g/mol. The van der Waals surface area contributed by atoms with Gasteiger partial charge in [-0.3, -0.25) is 0 Å². The van der Waals surface area contributed by atoms with E-state index in [1.807, 2.05) is 19.2 Å². The highest BCUT2D eigenvalue weighted by atomic mass is 19.4. The molecule has 0 amide bonds. The summed E-state index contributed by atoms with van der Waals surface area (Å²) < 4.78 is 55.8. The van der Waals surface area contributed by atoms with E-state index in [0.29, 0.717) is 41.9 Å². The molecule has 8 nitrogen and oxygen atoms in total. The molecule has 11 heteroatoms. The van der Waals surface area contributed by atoms with Crippen LogP contribution in [0.4, 0.5) is 13.2 Å². The van der Waals surface area contributed by atoms with Crippen molar-refractivity contribution < 1.29 is 22.6 Å². The van der Waals surface area contributed by atoms with Gasteiger partial charge < -0.3 is 14.0 Å². The number of nitrogens with zero attached hydrogens (tertiary/aromatic N) is 6. The molecule has 0 saturated heterocycles. The molecule has 0 aliphatic carbocycles. The lowest BCUT2D eigenvalue weighted by Crippen LogP contribution is -2.31. The van der Waals surface area contributed by atoms with Crippen molar-refractivity contribution in [3.63, 3.8) is 0 Å². The largest absolute Gasteiger partial charge is 0.479 e. The molecule has 1 aliphatic rings. The molecule has 0 radical (unpaired) electrons. The quantitative estimate of drug-likeness (QED) is 0.418. The molecule has 5 rings (SSSR count). The Morgan fingerprint density at radius 3 is 2.54 bits per heavy atom. The molecule has 1 aliphatic heterocycles. The molecule has 1 aromatic carbocycles. The molecule has 182 valence electrons. The Labute approximate surface area is 199 Å². The minimum atomic E-state index is -4.49. The number of benzene rings is 1. The van der Waals surface area contributed by atoms with Gasteiger partial charge in [0.2, 0.25) is 5.88 Å². The molecule has 0 unspecified atom stereocenters. The van der Waals surface area contributed by atoms with Crippen molar-refractivity contribution in [2.45, 2.75) is 38.1 Å². The topological polar surface area (TPSA) is 79.9 Å². The van der Waals surface area contributed by atoms with Crippen LogP contribution in [0.1, 0.15) is 35.0 Å². The Morgan fingerprint density at radius 1 is 1.06 bits per heavy atom. The van der Waals surface area contributed by atoms with E-state index in [9.17, 15) is 13.2 Å². The Hall–Kier alpha value is -3.73. The second-order valence-electron chi connectivity index (χ2n) is 8.35. The van der Waals surface area contributed by atoms with E-state index in [4.69, 9.17) is 9.47 Å². The first-order valence-electron chi connectivity index (χ1n) is 11.0. The third kappa shape index (κ3) is 4.27. The van der Waals surface area contributed by atoms with Crippen molar-refractivity contribution >= 4 is 0 Å². The zero-order valence-corrected chi connectivity index (χ0v) is 19.3. The van der Waals surface area contributed by atoms with E-state index >= 15 is 0 Å². The molecule has 2 atom stereocenters. The Morgan fingerprint density at radius 2 is 1.86 bits per heavy atom. The molecular weight excluding hydrogens is 461 g/mol. The highest BCUT2D eigenvalue weighted by Gasteiger charge is 2.39. The maximum absolute atomic E-state index is 13.8. The summed E-state index contributed by atoms with van der Waals surface area (Å²) in [5, 5.41) is 4.58. The average Bonchev–Trinajstić information content (AvgIpc) is 3.48. The molecule has 35 heavy (non-hydrogen) atoms. The molecule has 0 saturated carbocycles. The fourth-order valence-corrected chi connectivity index (χ4v) is 4.44. The molecule has 0 N–H and O–H groups in total. The van der Waals surface area contributed by atoms with Crippen molar-refractivity contribution in [1.82, 2.24) is 29.3 Å². The number of fused-ring (bicyclic) bond motifs is 1. The van der Waals surface area contributed by atoms with Crippen molar-refractivity contribution in [2.75, 3.05) is 14.2 Å². The van der Waals surface area contributed by atoms with Gasteiger partial charge in [-0.15, -0.1) is 5.10 Å². The number of hydrogen-bond acceptors (Lipinski definition) is 6. The smallest absolute Gasteiger partial charge is 0.416 e. The summed E-state index contributed by atoms with van der Waals surface area (Å²) in [6.45, 7) is 2.26. The third-order valence-electron chi connectivity index (χ3n) is 6.11. The third-order valence-corrected chi connectivity index (χ3v) is 6.11. The summed E-state index contributed by atoms with van der Waals surface area (Å²) in [5.41, 5.74) is 1.45. The van der Waals surface area contributed by atoms with Crippen molar-refractivity contribution in [3.8, 4) is 23.1 Å². The first-order valence-corrected chi connectivity index (χ1v) is 11.0. The molecule has 4 aromatic rings. The maximum atomic E-state index is 13.8. The molecule has 0 bridgehead atoms. The molecule has 3 aromatic heterocycles. The molecule has 4 heterocycles. The van der Waals surface area contributed by atoms with Gasteiger partial charge in [0.05, 0.1) is 37.3 Å². The average molecular weight is 484 g/mol. The zero-order chi connectivity index (χ0) is 24.7.